The van der Waals surface area contributed by atoms with Crippen molar-refractivity contribution in [2.75, 3.05) is 12.4 Å². The molecular weight excluding hydrogens is 325 g/mol. The highest BCUT2D eigenvalue weighted by Gasteiger charge is 2.14. The first-order chi connectivity index (χ1) is 9.52. The zero-order chi connectivity index (χ0) is 14.7. The molecule has 0 unspecified atom stereocenters. The van der Waals surface area contributed by atoms with E-state index in [1.807, 2.05) is 0 Å². The molecule has 0 heterocycles. The van der Waals surface area contributed by atoms with Crippen LogP contribution in [0.5, 0.6) is 5.75 Å². The Labute approximate surface area is 124 Å². The number of rotatable bonds is 3. The molecule has 1 amide bonds. The number of hydrogen-bond acceptors (Lipinski definition) is 2. The van der Waals surface area contributed by atoms with Crippen LogP contribution in [-0.4, -0.2) is 13.0 Å². The molecule has 104 valence electrons. The number of ether oxygens (including phenoxy) is 1. The first-order valence-electron chi connectivity index (χ1n) is 5.93. The van der Waals surface area contributed by atoms with E-state index in [-0.39, 0.29) is 5.56 Å². The van der Waals surface area contributed by atoms with Crippen LogP contribution in [0.25, 0.3) is 0 Å². The molecule has 20 heavy (non-hydrogen) atoms. The number of carbonyl (C=O) groups excluding carboxylic acids is 1. The summed E-state index contributed by atoms with van der Waals surface area (Å²) in [5.74, 6) is -0.405. The van der Waals surface area contributed by atoms with Crippen molar-refractivity contribution < 1.29 is 13.9 Å². The topological polar surface area (TPSA) is 38.3 Å². The summed E-state index contributed by atoms with van der Waals surface area (Å²) >= 11 is 3.33. The van der Waals surface area contributed by atoms with E-state index in [0.717, 1.165) is 0 Å². The van der Waals surface area contributed by atoms with Crippen LogP contribution in [-0.2, 0) is 0 Å². The fraction of sp³-hybridized carbons (Fsp3) is 0.133. The smallest absolute Gasteiger partial charge is 0.258 e. The number of aryl methyl sites for hydroxylation is 1. The number of carbonyl (C=O) groups is 1. The number of benzene rings is 2. The number of methoxy groups -OCH3 is 1. The Morgan fingerprint density at radius 2 is 2.05 bits per heavy atom. The maximum absolute atomic E-state index is 13.9. The fourth-order valence-corrected chi connectivity index (χ4v) is 2.09. The zero-order valence-corrected chi connectivity index (χ0v) is 12.6. The van der Waals surface area contributed by atoms with Gasteiger partial charge in [0, 0.05) is 10.5 Å². The minimum absolute atomic E-state index is 0.0136. The van der Waals surface area contributed by atoms with Gasteiger partial charge in [0.05, 0.1) is 18.4 Å². The van der Waals surface area contributed by atoms with Crippen LogP contribution in [0.1, 0.15) is 15.9 Å². The highest BCUT2D eigenvalue weighted by Crippen LogP contribution is 2.27. The predicted octanol–water partition coefficient (Wildman–Crippen LogP) is 4.16. The van der Waals surface area contributed by atoms with E-state index in [0.29, 0.717) is 21.5 Å². The van der Waals surface area contributed by atoms with Crippen molar-refractivity contribution in [2.24, 2.45) is 0 Å². The van der Waals surface area contributed by atoms with Crippen molar-refractivity contribution >= 4 is 27.5 Å². The van der Waals surface area contributed by atoms with Gasteiger partial charge in [-0.2, -0.15) is 0 Å². The van der Waals surface area contributed by atoms with Gasteiger partial charge in [0.25, 0.3) is 5.91 Å². The second-order valence-corrected chi connectivity index (χ2v) is 5.09. The quantitative estimate of drug-likeness (QED) is 0.913. The molecule has 0 atom stereocenters. The average molecular weight is 338 g/mol. The van der Waals surface area contributed by atoms with Crippen LogP contribution in [0.2, 0.25) is 0 Å². The summed E-state index contributed by atoms with van der Waals surface area (Å²) in [7, 11) is 1.54. The molecule has 0 aliphatic heterocycles. The van der Waals surface area contributed by atoms with Crippen LogP contribution in [0.4, 0.5) is 10.1 Å². The molecule has 5 heteroatoms. The maximum atomic E-state index is 13.9. The molecule has 0 aromatic heterocycles. The Morgan fingerprint density at radius 3 is 2.75 bits per heavy atom. The summed E-state index contributed by atoms with van der Waals surface area (Å²) in [6.07, 6.45) is 0. The molecule has 2 aromatic rings. The van der Waals surface area contributed by atoms with Gasteiger partial charge >= 0.3 is 0 Å². The standard InChI is InChI=1S/C15H13BrFNO2/c1-9-4-3-5-11(14(9)17)15(19)18-13-8-10(20-2)6-7-12(13)16/h3-8H,1-2H3,(H,18,19). The Kier molecular flexibility index (Phi) is 4.39. The lowest BCUT2D eigenvalue weighted by Gasteiger charge is -2.10. The SMILES string of the molecule is COc1ccc(Br)c(NC(=O)c2cccc(C)c2F)c1. The molecule has 2 rings (SSSR count). The summed E-state index contributed by atoms with van der Waals surface area (Å²) in [4.78, 5) is 12.1. The van der Waals surface area contributed by atoms with Crippen molar-refractivity contribution in [1.29, 1.82) is 0 Å². The first-order valence-corrected chi connectivity index (χ1v) is 6.72. The molecular formula is C15H13BrFNO2. The second kappa shape index (κ2) is 6.05. The zero-order valence-electron chi connectivity index (χ0n) is 11.0. The monoisotopic (exact) mass is 337 g/mol. The van der Waals surface area contributed by atoms with Gasteiger partial charge in [-0.25, -0.2) is 4.39 Å². The molecule has 0 bridgehead atoms. The molecule has 0 saturated heterocycles. The van der Waals surface area contributed by atoms with Gasteiger partial charge in [-0.15, -0.1) is 0 Å². The van der Waals surface area contributed by atoms with E-state index in [1.165, 1.54) is 13.2 Å². The van der Waals surface area contributed by atoms with Crippen molar-refractivity contribution in [3.05, 3.63) is 57.8 Å². The van der Waals surface area contributed by atoms with Crippen LogP contribution in [0.15, 0.2) is 40.9 Å². The summed E-state index contributed by atoms with van der Waals surface area (Å²) in [5, 5.41) is 2.66. The van der Waals surface area contributed by atoms with E-state index in [4.69, 9.17) is 4.74 Å². The molecule has 1 N–H and O–H groups in total. The van der Waals surface area contributed by atoms with Crippen LogP contribution >= 0.6 is 15.9 Å². The molecule has 0 radical (unpaired) electrons. The number of halogens is 2. The lowest BCUT2D eigenvalue weighted by atomic mass is 10.1. The second-order valence-electron chi connectivity index (χ2n) is 4.24. The van der Waals surface area contributed by atoms with Crippen LogP contribution in [0, 0.1) is 12.7 Å². The molecule has 2 aromatic carbocycles. The molecule has 0 aliphatic rings. The number of anilines is 1. The van der Waals surface area contributed by atoms with Crippen LogP contribution < -0.4 is 10.1 Å². The number of hydrogen-bond donors (Lipinski definition) is 1. The average Bonchev–Trinajstić information content (AvgIpc) is 2.44. The van der Waals surface area contributed by atoms with E-state index in [2.05, 4.69) is 21.2 Å². The van der Waals surface area contributed by atoms with Gasteiger partial charge in [-0.3, -0.25) is 4.79 Å². The molecule has 0 saturated carbocycles. The van der Waals surface area contributed by atoms with Crippen molar-refractivity contribution in [2.45, 2.75) is 6.92 Å². The van der Waals surface area contributed by atoms with Crippen molar-refractivity contribution in [3.63, 3.8) is 0 Å². The van der Waals surface area contributed by atoms with Crippen molar-refractivity contribution in [1.82, 2.24) is 0 Å². The Hall–Kier alpha value is -1.88. The van der Waals surface area contributed by atoms with Crippen LogP contribution in [0.3, 0.4) is 0 Å². The Morgan fingerprint density at radius 1 is 1.30 bits per heavy atom. The Balaban J connectivity index is 2.30. The Bertz CT molecular complexity index is 658. The van der Waals surface area contributed by atoms with Gasteiger partial charge in [0.1, 0.15) is 11.6 Å². The normalized spacial score (nSPS) is 10.2. The predicted molar refractivity (Wildman–Crippen MR) is 79.8 cm³/mol. The van der Waals surface area contributed by atoms with Crippen molar-refractivity contribution in [3.8, 4) is 5.75 Å². The van der Waals surface area contributed by atoms with Gasteiger partial charge < -0.3 is 10.1 Å². The number of nitrogens with one attached hydrogen (secondary N) is 1. The number of amides is 1. The van der Waals surface area contributed by atoms with Gasteiger partial charge in [0.15, 0.2) is 0 Å². The minimum Gasteiger partial charge on any atom is -0.497 e. The first kappa shape index (κ1) is 14.5. The highest BCUT2D eigenvalue weighted by molar-refractivity contribution is 9.10. The van der Waals surface area contributed by atoms with Gasteiger partial charge in [0.2, 0.25) is 0 Å². The lowest BCUT2D eigenvalue weighted by molar-refractivity contribution is 0.102. The third-order valence-corrected chi connectivity index (χ3v) is 3.55. The maximum Gasteiger partial charge on any atom is 0.258 e. The summed E-state index contributed by atoms with van der Waals surface area (Å²) < 4.78 is 19.7. The van der Waals surface area contributed by atoms with Gasteiger partial charge in [-0.1, -0.05) is 12.1 Å². The van der Waals surface area contributed by atoms with E-state index < -0.39 is 11.7 Å². The molecule has 0 aliphatic carbocycles. The summed E-state index contributed by atoms with van der Waals surface area (Å²) in [5.41, 5.74) is 0.970. The summed E-state index contributed by atoms with van der Waals surface area (Å²) in [6, 6.07) is 9.89. The fourth-order valence-electron chi connectivity index (χ4n) is 1.74. The van der Waals surface area contributed by atoms with Gasteiger partial charge in [-0.05, 0) is 46.6 Å². The summed E-state index contributed by atoms with van der Waals surface area (Å²) in [6.45, 7) is 1.62. The molecule has 0 fully saturated rings. The largest absolute Gasteiger partial charge is 0.497 e. The third-order valence-electron chi connectivity index (χ3n) is 2.86. The van der Waals surface area contributed by atoms with E-state index in [9.17, 15) is 9.18 Å². The van der Waals surface area contributed by atoms with E-state index in [1.54, 1.807) is 37.3 Å². The highest BCUT2D eigenvalue weighted by atomic mass is 79.9. The molecule has 3 nitrogen and oxygen atoms in total. The third kappa shape index (κ3) is 2.99. The minimum atomic E-state index is -0.510. The molecule has 0 spiro atoms. The van der Waals surface area contributed by atoms with E-state index >= 15 is 0 Å². The lowest BCUT2D eigenvalue weighted by Crippen LogP contribution is -2.14.